The summed E-state index contributed by atoms with van der Waals surface area (Å²) < 4.78 is 19.5. The number of aromatic nitrogens is 1. The Morgan fingerprint density at radius 3 is 2.43 bits per heavy atom. The highest BCUT2D eigenvalue weighted by molar-refractivity contribution is 6.08. The highest BCUT2D eigenvalue weighted by atomic mass is 19.1. The summed E-state index contributed by atoms with van der Waals surface area (Å²) in [5.74, 6) is 0.447. The van der Waals surface area contributed by atoms with E-state index in [0.717, 1.165) is 16.8 Å². The highest BCUT2D eigenvalue weighted by Gasteiger charge is 2.09. The first-order chi connectivity index (χ1) is 14.7. The molecule has 0 aliphatic carbocycles. The smallest absolute Gasteiger partial charge is 0.129 e. The maximum Gasteiger partial charge on any atom is 0.129 e. The lowest BCUT2D eigenvalue weighted by atomic mass is 9.99. The summed E-state index contributed by atoms with van der Waals surface area (Å²) in [5.41, 5.74) is 4.68. The van der Waals surface area contributed by atoms with Gasteiger partial charge in [-0.1, -0.05) is 48.5 Å². The van der Waals surface area contributed by atoms with Crippen molar-refractivity contribution >= 4 is 21.7 Å². The average Bonchev–Trinajstić information content (AvgIpc) is 2.78. The quantitative estimate of drug-likeness (QED) is 0.304. The number of halogens is 1. The van der Waals surface area contributed by atoms with E-state index < -0.39 is 0 Å². The third-order valence-corrected chi connectivity index (χ3v) is 5.40. The van der Waals surface area contributed by atoms with E-state index in [1.54, 1.807) is 12.1 Å². The van der Waals surface area contributed by atoms with E-state index in [2.05, 4.69) is 49.4 Å². The molecular weight excluding hydrogens is 373 g/mol. The number of fused-ring (bicyclic) bond motifs is 3. The van der Waals surface area contributed by atoms with Gasteiger partial charge in [0, 0.05) is 16.5 Å². The van der Waals surface area contributed by atoms with Gasteiger partial charge in [-0.2, -0.15) is 0 Å². The largest absolute Gasteiger partial charge is 0.489 e. The minimum absolute atomic E-state index is 0.201. The normalized spacial score (nSPS) is 11.1. The maximum atomic E-state index is 13.8. The Labute approximate surface area is 174 Å². The molecule has 2 nitrogen and oxygen atoms in total. The molecule has 0 atom stereocenters. The van der Waals surface area contributed by atoms with Gasteiger partial charge in [0.05, 0.1) is 11.2 Å². The molecule has 5 rings (SSSR count). The summed E-state index contributed by atoms with van der Waals surface area (Å²) in [4.78, 5) is 4.90. The van der Waals surface area contributed by atoms with Gasteiger partial charge in [0.25, 0.3) is 0 Å². The van der Waals surface area contributed by atoms with Crippen molar-refractivity contribution in [2.45, 2.75) is 13.5 Å². The Morgan fingerprint density at radius 2 is 1.60 bits per heavy atom. The van der Waals surface area contributed by atoms with Crippen LogP contribution >= 0.6 is 0 Å². The zero-order chi connectivity index (χ0) is 20.5. The molecule has 0 saturated heterocycles. The molecule has 5 aromatic rings. The fraction of sp³-hybridized carbons (Fsp3) is 0.0741. The molecule has 146 valence electrons. The predicted molar refractivity (Wildman–Crippen MR) is 120 cm³/mol. The summed E-state index contributed by atoms with van der Waals surface area (Å²) in [6.07, 6.45) is 0. The number of nitrogens with zero attached hydrogens (tertiary/aromatic N) is 1. The van der Waals surface area contributed by atoms with Gasteiger partial charge in [0.1, 0.15) is 18.2 Å². The fourth-order valence-electron chi connectivity index (χ4n) is 3.85. The van der Waals surface area contributed by atoms with Gasteiger partial charge in [-0.05, 0) is 65.7 Å². The molecule has 1 heterocycles. The van der Waals surface area contributed by atoms with Gasteiger partial charge in [0.2, 0.25) is 0 Å². The van der Waals surface area contributed by atoms with E-state index in [4.69, 9.17) is 9.72 Å². The average molecular weight is 393 g/mol. The summed E-state index contributed by atoms with van der Waals surface area (Å²) in [5, 5.41) is 3.64. The van der Waals surface area contributed by atoms with Crippen LogP contribution in [0.4, 0.5) is 4.39 Å². The molecule has 0 bridgehead atoms. The molecule has 0 spiro atoms. The van der Waals surface area contributed by atoms with E-state index in [-0.39, 0.29) is 12.4 Å². The molecule has 0 aliphatic rings. The molecule has 0 saturated carbocycles. The molecule has 1 aromatic heterocycles. The summed E-state index contributed by atoms with van der Waals surface area (Å²) in [6.45, 7) is 2.33. The molecule has 0 unspecified atom stereocenters. The van der Waals surface area contributed by atoms with Gasteiger partial charge >= 0.3 is 0 Å². The second kappa shape index (κ2) is 7.60. The number of aryl methyl sites for hydroxylation is 1. The second-order valence-electron chi connectivity index (χ2n) is 7.41. The minimum Gasteiger partial charge on any atom is -0.489 e. The molecule has 0 amide bonds. The van der Waals surface area contributed by atoms with Crippen molar-refractivity contribution in [1.82, 2.24) is 4.98 Å². The predicted octanol–water partition coefficient (Wildman–Crippen LogP) is 7.08. The second-order valence-corrected chi connectivity index (χ2v) is 7.41. The van der Waals surface area contributed by atoms with Gasteiger partial charge in [-0.25, -0.2) is 9.37 Å². The lowest BCUT2D eigenvalue weighted by Crippen LogP contribution is -1.98. The topological polar surface area (TPSA) is 22.1 Å². The minimum atomic E-state index is -0.252. The first-order valence-electron chi connectivity index (χ1n) is 9.95. The van der Waals surface area contributed by atoms with Crippen LogP contribution in [0.15, 0.2) is 91.0 Å². The Balaban J connectivity index is 1.44. The van der Waals surface area contributed by atoms with Gasteiger partial charge in [-0.15, -0.1) is 0 Å². The first kappa shape index (κ1) is 18.3. The Kier molecular flexibility index (Phi) is 4.64. The van der Waals surface area contributed by atoms with Crippen LogP contribution in [0, 0.1) is 12.7 Å². The number of pyridine rings is 1. The molecule has 30 heavy (non-hydrogen) atoms. The highest BCUT2D eigenvalue weighted by Crippen LogP contribution is 2.31. The Hall–Kier alpha value is -3.72. The van der Waals surface area contributed by atoms with Crippen molar-refractivity contribution in [2.75, 3.05) is 0 Å². The molecule has 3 heteroatoms. The third-order valence-electron chi connectivity index (χ3n) is 5.40. The SMILES string of the molecule is Cc1cc(-c2ccc(OCc3ccccc3F)cc2)nc2ccc3ccccc3c12. The van der Waals surface area contributed by atoms with Crippen LogP contribution in [0.1, 0.15) is 11.1 Å². The van der Waals surface area contributed by atoms with E-state index in [1.165, 1.54) is 27.8 Å². The molecule has 0 aliphatic heterocycles. The van der Waals surface area contributed by atoms with Crippen LogP contribution in [0.3, 0.4) is 0 Å². The van der Waals surface area contributed by atoms with Gasteiger partial charge in [-0.3, -0.25) is 0 Å². The van der Waals surface area contributed by atoms with E-state index in [1.807, 2.05) is 30.3 Å². The van der Waals surface area contributed by atoms with Crippen LogP contribution in [0.2, 0.25) is 0 Å². The summed E-state index contributed by atoms with van der Waals surface area (Å²) in [6, 6.07) is 29.2. The molecular formula is C27H20FNO. The lowest BCUT2D eigenvalue weighted by Gasteiger charge is -2.11. The van der Waals surface area contributed by atoms with E-state index in [0.29, 0.717) is 11.3 Å². The number of rotatable bonds is 4. The van der Waals surface area contributed by atoms with E-state index in [9.17, 15) is 4.39 Å². The lowest BCUT2D eigenvalue weighted by molar-refractivity contribution is 0.300. The first-order valence-corrected chi connectivity index (χ1v) is 9.95. The zero-order valence-corrected chi connectivity index (χ0v) is 16.6. The van der Waals surface area contributed by atoms with Gasteiger partial charge in [0.15, 0.2) is 0 Å². The van der Waals surface area contributed by atoms with Crippen LogP contribution in [-0.4, -0.2) is 4.98 Å². The van der Waals surface area contributed by atoms with E-state index >= 15 is 0 Å². The van der Waals surface area contributed by atoms with Crippen LogP contribution < -0.4 is 4.74 Å². The number of benzene rings is 4. The summed E-state index contributed by atoms with van der Waals surface area (Å²) >= 11 is 0. The molecule has 0 N–H and O–H groups in total. The maximum absolute atomic E-state index is 13.8. The van der Waals surface area contributed by atoms with Crippen LogP contribution in [-0.2, 0) is 6.61 Å². The van der Waals surface area contributed by atoms with Crippen LogP contribution in [0.25, 0.3) is 32.9 Å². The standard InChI is InChI=1S/C27H20FNO/c1-18-16-26(29-25-15-12-19-6-2-4-8-23(19)27(18)25)20-10-13-22(14-11-20)30-17-21-7-3-5-9-24(21)28/h2-16H,17H2,1H3. The van der Waals surface area contributed by atoms with Crippen LogP contribution in [0.5, 0.6) is 5.75 Å². The molecule has 0 radical (unpaired) electrons. The number of hydrogen-bond donors (Lipinski definition) is 0. The van der Waals surface area contributed by atoms with Crippen molar-refractivity contribution in [1.29, 1.82) is 0 Å². The monoisotopic (exact) mass is 393 g/mol. The number of hydrogen-bond acceptors (Lipinski definition) is 2. The number of ether oxygens (including phenoxy) is 1. The molecule has 4 aromatic carbocycles. The van der Waals surface area contributed by atoms with Crippen molar-refractivity contribution in [3.63, 3.8) is 0 Å². The third kappa shape index (κ3) is 3.39. The van der Waals surface area contributed by atoms with Crippen molar-refractivity contribution in [3.8, 4) is 17.0 Å². The zero-order valence-electron chi connectivity index (χ0n) is 16.6. The van der Waals surface area contributed by atoms with Crippen molar-refractivity contribution < 1.29 is 9.13 Å². The molecule has 0 fully saturated rings. The Morgan fingerprint density at radius 1 is 0.833 bits per heavy atom. The van der Waals surface area contributed by atoms with Gasteiger partial charge < -0.3 is 4.74 Å². The van der Waals surface area contributed by atoms with Crippen molar-refractivity contribution in [3.05, 3.63) is 108 Å². The summed E-state index contributed by atoms with van der Waals surface area (Å²) in [7, 11) is 0. The van der Waals surface area contributed by atoms with Crippen molar-refractivity contribution in [2.24, 2.45) is 0 Å². The Bertz CT molecular complexity index is 1360. The fourth-order valence-corrected chi connectivity index (χ4v) is 3.85.